The van der Waals surface area contributed by atoms with Crippen molar-refractivity contribution in [2.45, 2.75) is 19.4 Å². The van der Waals surface area contributed by atoms with E-state index in [0.717, 1.165) is 0 Å². The van der Waals surface area contributed by atoms with E-state index in [-0.39, 0.29) is 6.54 Å². The highest BCUT2D eigenvalue weighted by atomic mass is 16.3. The third kappa shape index (κ3) is 5.71. The molecule has 1 atom stereocenters. The van der Waals surface area contributed by atoms with Gasteiger partial charge in [-0.05, 0) is 6.92 Å². The fourth-order valence-electron chi connectivity index (χ4n) is 0.615. The molecule has 1 amide bonds. The highest BCUT2D eigenvalue weighted by Crippen LogP contribution is 1.78. The van der Waals surface area contributed by atoms with Crippen LogP contribution in [-0.4, -0.2) is 30.2 Å². The molecule has 0 bridgehead atoms. The van der Waals surface area contributed by atoms with E-state index < -0.39 is 12.0 Å². The Morgan fingerprint density at radius 1 is 1.75 bits per heavy atom. The minimum absolute atomic E-state index is 0.195. The van der Waals surface area contributed by atoms with E-state index in [2.05, 4.69) is 17.2 Å². The lowest BCUT2D eigenvalue weighted by atomic mass is 10.3. The molecule has 0 aromatic carbocycles. The second-order valence-electron chi connectivity index (χ2n) is 2.30. The number of nitrogens with two attached hydrogens (primary N) is 1. The molecule has 0 aliphatic rings. The fourth-order valence-corrected chi connectivity index (χ4v) is 0.615. The predicted molar refractivity (Wildman–Crippen MR) is 46.1 cm³/mol. The number of carbonyl (C=O) groups is 1. The maximum Gasteiger partial charge on any atom is 0.247 e. The van der Waals surface area contributed by atoms with Gasteiger partial charge in [0.05, 0.1) is 0 Å². The molecule has 68 valence electrons. The highest BCUT2D eigenvalue weighted by molar-refractivity contribution is 5.78. The van der Waals surface area contributed by atoms with Crippen molar-refractivity contribution in [1.29, 1.82) is 0 Å². The molecule has 0 heterocycles. The average molecular weight is 170 g/mol. The Morgan fingerprint density at radius 2 is 2.42 bits per heavy atom. The molecular weight excluding hydrogens is 156 g/mol. The summed E-state index contributed by atoms with van der Waals surface area (Å²) in [7, 11) is 0. The molecule has 12 heavy (non-hydrogen) atoms. The average Bonchev–Trinajstić information content (AvgIpc) is 2.03. The first kappa shape index (κ1) is 11.0. The highest BCUT2D eigenvalue weighted by Gasteiger charge is 2.08. The third-order valence-electron chi connectivity index (χ3n) is 1.27. The minimum atomic E-state index is -1.10. The van der Waals surface area contributed by atoms with Crippen LogP contribution in [0.3, 0.4) is 0 Å². The SMILES string of the molecule is CC#CCCNCC(O)C(N)=O. The lowest BCUT2D eigenvalue weighted by molar-refractivity contribution is -0.125. The van der Waals surface area contributed by atoms with Crippen molar-refractivity contribution in [3.63, 3.8) is 0 Å². The Labute approximate surface area is 72.1 Å². The standard InChI is InChI=1S/C8H14N2O2/c1-2-3-4-5-10-6-7(11)8(9)12/h7,10-11H,4-6H2,1H3,(H2,9,12). The number of nitrogens with one attached hydrogen (secondary N) is 1. The van der Waals surface area contributed by atoms with Crippen molar-refractivity contribution in [1.82, 2.24) is 5.32 Å². The molecule has 4 heteroatoms. The third-order valence-corrected chi connectivity index (χ3v) is 1.27. The van der Waals surface area contributed by atoms with E-state index in [4.69, 9.17) is 10.8 Å². The maximum absolute atomic E-state index is 10.3. The molecule has 0 aliphatic carbocycles. The molecule has 0 rings (SSSR count). The lowest BCUT2D eigenvalue weighted by Gasteiger charge is -2.05. The zero-order valence-electron chi connectivity index (χ0n) is 7.13. The molecule has 0 saturated heterocycles. The first-order valence-electron chi connectivity index (χ1n) is 3.76. The Hall–Kier alpha value is -1.05. The number of amides is 1. The molecule has 0 spiro atoms. The quantitative estimate of drug-likeness (QED) is 0.360. The first-order chi connectivity index (χ1) is 5.68. The van der Waals surface area contributed by atoms with Crippen LogP contribution in [0.4, 0.5) is 0 Å². The van der Waals surface area contributed by atoms with E-state index in [1.807, 2.05) is 0 Å². The summed E-state index contributed by atoms with van der Waals surface area (Å²) >= 11 is 0. The van der Waals surface area contributed by atoms with Crippen LogP contribution < -0.4 is 11.1 Å². The van der Waals surface area contributed by atoms with Gasteiger partial charge in [0.1, 0.15) is 6.10 Å². The van der Waals surface area contributed by atoms with Crippen LogP contribution >= 0.6 is 0 Å². The molecule has 0 aliphatic heterocycles. The molecule has 0 saturated carbocycles. The van der Waals surface area contributed by atoms with Crippen LogP contribution in [0, 0.1) is 11.8 Å². The molecule has 1 unspecified atom stereocenters. The summed E-state index contributed by atoms with van der Waals surface area (Å²) in [4.78, 5) is 10.3. The Balaban J connectivity index is 3.29. The zero-order chi connectivity index (χ0) is 9.40. The minimum Gasteiger partial charge on any atom is -0.382 e. The summed E-state index contributed by atoms with van der Waals surface area (Å²) in [6.07, 6.45) is -0.387. The van der Waals surface area contributed by atoms with Gasteiger partial charge in [0.25, 0.3) is 0 Å². The van der Waals surface area contributed by atoms with Crippen molar-refractivity contribution >= 4 is 5.91 Å². The van der Waals surface area contributed by atoms with Crippen LogP contribution in [0.15, 0.2) is 0 Å². The van der Waals surface area contributed by atoms with Gasteiger partial charge in [-0.1, -0.05) is 0 Å². The summed E-state index contributed by atoms with van der Waals surface area (Å²) in [5, 5.41) is 11.8. The molecule has 4 N–H and O–H groups in total. The van der Waals surface area contributed by atoms with E-state index >= 15 is 0 Å². The number of rotatable bonds is 5. The van der Waals surface area contributed by atoms with E-state index in [0.29, 0.717) is 13.0 Å². The Kier molecular flexibility index (Phi) is 6.07. The number of primary amides is 1. The van der Waals surface area contributed by atoms with Crippen LogP contribution in [0.25, 0.3) is 0 Å². The number of aliphatic hydroxyl groups excluding tert-OH is 1. The smallest absolute Gasteiger partial charge is 0.247 e. The lowest BCUT2D eigenvalue weighted by Crippen LogP contribution is -2.37. The second kappa shape index (κ2) is 6.65. The Bertz CT molecular complexity index is 193. The van der Waals surface area contributed by atoms with Crippen LogP contribution in [-0.2, 0) is 4.79 Å². The normalized spacial score (nSPS) is 11.5. The van der Waals surface area contributed by atoms with E-state index in [9.17, 15) is 4.79 Å². The van der Waals surface area contributed by atoms with Gasteiger partial charge < -0.3 is 16.2 Å². The summed E-state index contributed by atoms with van der Waals surface area (Å²) in [5.41, 5.74) is 4.82. The molecule has 0 radical (unpaired) electrons. The van der Waals surface area contributed by atoms with Crippen molar-refractivity contribution in [2.75, 3.05) is 13.1 Å². The van der Waals surface area contributed by atoms with Crippen LogP contribution in [0.2, 0.25) is 0 Å². The number of aliphatic hydroxyl groups is 1. The molecular formula is C8H14N2O2. The van der Waals surface area contributed by atoms with Crippen LogP contribution in [0.1, 0.15) is 13.3 Å². The fraction of sp³-hybridized carbons (Fsp3) is 0.625. The van der Waals surface area contributed by atoms with Crippen molar-refractivity contribution in [3.8, 4) is 11.8 Å². The molecule has 0 aromatic heterocycles. The van der Waals surface area contributed by atoms with Crippen molar-refractivity contribution in [3.05, 3.63) is 0 Å². The summed E-state index contributed by atoms with van der Waals surface area (Å²) in [6.45, 7) is 2.62. The molecule has 0 aromatic rings. The van der Waals surface area contributed by atoms with Crippen molar-refractivity contribution in [2.24, 2.45) is 5.73 Å². The van der Waals surface area contributed by atoms with Gasteiger partial charge in [-0.15, -0.1) is 11.8 Å². The molecule has 4 nitrogen and oxygen atoms in total. The number of hydrogen-bond acceptors (Lipinski definition) is 3. The summed E-state index contributed by atoms with van der Waals surface area (Å²) < 4.78 is 0. The summed E-state index contributed by atoms with van der Waals surface area (Å²) in [5.74, 6) is 4.87. The van der Waals surface area contributed by atoms with Crippen LogP contribution in [0.5, 0.6) is 0 Å². The molecule has 0 fully saturated rings. The van der Waals surface area contributed by atoms with Gasteiger partial charge in [-0.3, -0.25) is 4.79 Å². The maximum atomic E-state index is 10.3. The van der Waals surface area contributed by atoms with E-state index in [1.165, 1.54) is 0 Å². The summed E-state index contributed by atoms with van der Waals surface area (Å²) in [6, 6.07) is 0. The van der Waals surface area contributed by atoms with Gasteiger partial charge in [-0.25, -0.2) is 0 Å². The van der Waals surface area contributed by atoms with Gasteiger partial charge in [0.15, 0.2) is 0 Å². The van der Waals surface area contributed by atoms with Gasteiger partial charge in [0.2, 0.25) is 5.91 Å². The monoisotopic (exact) mass is 170 g/mol. The van der Waals surface area contributed by atoms with Gasteiger partial charge in [-0.2, -0.15) is 0 Å². The first-order valence-corrected chi connectivity index (χ1v) is 3.76. The number of hydrogen-bond donors (Lipinski definition) is 3. The largest absolute Gasteiger partial charge is 0.382 e. The van der Waals surface area contributed by atoms with Crippen molar-refractivity contribution < 1.29 is 9.90 Å². The van der Waals surface area contributed by atoms with Gasteiger partial charge in [0, 0.05) is 19.5 Å². The second-order valence-corrected chi connectivity index (χ2v) is 2.30. The van der Waals surface area contributed by atoms with Gasteiger partial charge >= 0.3 is 0 Å². The zero-order valence-corrected chi connectivity index (χ0v) is 7.13. The predicted octanol–water partition coefficient (Wildman–Crippen LogP) is -1.16. The van der Waals surface area contributed by atoms with E-state index in [1.54, 1.807) is 6.92 Å². The number of carbonyl (C=O) groups excluding carboxylic acids is 1. The Morgan fingerprint density at radius 3 is 2.92 bits per heavy atom. The topological polar surface area (TPSA) is 75.3 Å².